The number of sulfonamides is 1. The normalized spacial score (nSPS) is 23.1. The third kappa shape index (κ3) is 8.20. The topological polar surface area (TPSA) is 194 Å². The highest BCUT2D eigenvalue weighted by Crippen LogP contribution is 2.55. The molecule has 1 aliphatic carbocycles. The number of carbonyl (C=O) groups excluding carboxylic acids is 4. The molecule has 4 aliphatic rings. The van der Waals surface area contributed by atoms with Gasteiger partial charge >= 0.3 is 0 Å². The number of nitrogens with one attached hydrogen (secondary N) is 3. The molecule has 4 heterocycles. The monoisotopic (exact) mass is 844 g/mol. The molecule has 2 saturated heterocycles. The van der Waals surface area contributed by atoms with E-state index in [0.29, 0.717) is 38.4 Å². The van der Waals surface area contributed by atoms with Crippen molar-refractivity contribution in [3.05, 3.63) is 76.4 Å². The number of piperazine rings is 1. The lowest BCUT2D eigenvalue weighted by molar-refractivity contribution is -0.164. The Morgan fingerprint density at radius 3 is 2.41 bits per heavy atom. The van der Waals surface area contributed by atoms with Crippen molar-refractivity contribution in [1.82, 2.24) is 24.8 Å². The molecule has 2 aromatic carbocycles. The molecular weight excluding hydrogens is 796 g/mol. The fraction of sp³-hybridized carbons (Fsp3) is 0.476. The van der Waals surface area contributed by atoms with Crippen molar-refractivity contribution in [2.24, 2.45) is 10.8 Å². The molecular formula is C42H49ClN8O7S. The van der Waals surface area contributed by atoms with E-state index in [9.17, 15) is 32.9 Å². The first-order valence-corrected chi connectivity index (χ1v) is 21.7. The van der Waals surface area contributed by atoms with Crippen molar-refractivity contribution in [1.29, 1.82) is 5.26 Å². The van der Waals surface area contributed by atoms with Crippen LogP contribution in [0.4, 0.5) is 11.5 Å². The van der Waals surface area contributed by atoms with Crippen molar-refractivity contribution >= 4 is 56.8 Å². The molecule has 3 fully saturated rings. The first-order chi connectivity index (χ1) is 28.0. The Kier molecular flexibility index (Phi) is 11.7. The molecule has 312 valence electrons. The van der Waals surface area contributed by atoms with Crippen LogP contribution in [0, 0.1) is 22.2 Å². The second kappa shape index (κ2) is 16.4. The highest BCUT2D eigenvalue weighted by atomic mass is 35.5. The Morgan fingerprint density at radius 2 is 1.75 bits per heavy atom. The molecule has 0 radical (unpaired) electrons. The van der Waals surface area contributed by atoms with Crippen LogP contribution in [0.15, 0.2) is 59.6 Å². The van der Waals surface area contributed by atoms with E-state index in [1.807, 2.05) is 12.1 Å². The molecule has 1 unspecified atom stereocenters. The number of carbonyl (C=O) groups is 4. The Labute approximate surface area is 349 Å². The van der Waals surface area contributed by atoms with Crippen molar-refractivity contribution in [3.8, 4) is 11.8 Å². The van der Waals surface area contributed by atoms with Gasteiger partial charge < -0.3 is 20.3 Å². The number of hydrogen-bond donors (Lipinski definition) is 3. The van der Waals surface area contributed by atoms with Crippen LogP contribution in [0.5, 0.6) is 5.75 Å². The van der Waals surface area contributed by atoms with E-state index in [-0.39, 0.29) is 52.2 Å². The van der Waals surface area contributed by atoms with Gasteiger partial charge in [-0.3, -0.25) is 29.4 Å². The van der Waals surface area contributed by atoms with Gasteiger partial charge in [-0.2, -0.15) is 5.26 Å². The number of fused-ring (bicyclic) bond motifs is 1. The van der Waals surface area contributed by atoms with Gasteiger partial charge in [-0.05, 0) is 68.3 Å². The first-order valence-electron chi connectivity index (χ1n) is 19.9. The number of pyridine rings is 1. The molecule has 4 amide bonds. The molecule has 3 aromatic rings. The fourth-order valence-electron chi connectivity index (χ4n) is 9.16. The largest absolute Gasteiger partial charge is 0.489 e. The average molecular weight is 845 g/mol. The van der Waals surface area contributed by atoms with E-state index in [4.69, 9.17) is 16.3 Å². The number of benzene rings is 2. The van der Waals surface area contributed by atoms with Gasteiger partial charge in [0.2, 0.25) is 5.91 Å². The summed E-state index contributed by atoms with van der Waals surface area (Å²) in [7, 11) is -4.24. The number of nitriles is 1. The summed E-state index contributed by atoms with van der Waals surface area (Å²) in [6, 6.07) is 14.0. The van der Waals surface area contributed by atoms with Crippen molar-refractivity contribution in [2.75, 3.05) is 49.5 Å². The van der Waals surface area contributed by atoms with Crippen LogP contribution in [0.1, 0.15) is 86.1 Å². The van der Waals surface area contributed by atoms with Crippen LogP contribution in [0.3, 0.4) is 0 Å². The summed E-state index contributed by atoms with van der Waals surface area (Å²) >= 11 is 6.23. The van der Waals surface area contributed by atoms with E-state index in [0.717, 1.165) is 57.8 Å². The molecule has 3 N–H and O–H groups in total. The van der Waals surface area contributed by atoms with Crippen LogP contribution in [-0.2, 0) is 19.6 Å². The summed E-state index contributed by atoms with van der Waals surface area (Å²) in [5.74, 6) is -0.811. The number of nitrogens with zero attached hydrogens (tertiary/aromatic N) is 5. The molecule has 1 saturated carbocycles. The summed E-state index contributed by atoms with van der Waals surface area (Å²) in [4.78, 5) is 59.5. The second-order valence-corrected chi connectivity index (χ2v) is 19.0. The maximum atomic E-state index is 13.4. The minimum atomic E-state index is -4.24. The van der Waals surface area contributed by atoms with Gasteiger partial charge in [0, 0.05) is 74.0 Å². The lowest BCUT2D eigenvalue weighted by atomic mass is 9.49. The summed E-state index contributed by atoms with van der Waals surface area (Å²) in [5.41, 5.74) is 0.707. The Balaban J connectivity index is 0.816. The maximum absolute atomic E-state index is 13.4. The molecule has 17 heteroatoms. The fourth-order valence-corrected chi connectivity index (χ4v) is 11.1. The first kappa shape index (κ1) is 41.9. The van der Waals surface area contributed by atoms with Gasteiger partial charge in [-0.25, -0.2) is 17.7 Å². The zero-order valence-corrected chi connectivity index (χ0v) is 35.2. The number of halogens is 1. The number of ether oxygens (including phenoxy) is 1. The number of rotatable bonds is 13. The standard InChI is InChI=1S/C42H49ClN8O7S/c1-41(2)39(42(3,4)40(41)58-29-11-8-26(24-44)31(43)23-29)48-36(53)27-9-14-34(46-25-27)50-20-18-49(19-21-50)17-7-5-6-16-45-28-10-12-30-33(22-28)59(56,57)51(38(30)55)32-13-15-35(52)47-37(32)54/h8-12,14,22-23,25,32,39-40,45H,5-7,13,15-21H2,1-4H3,(H,48,53)(H,47,52,54)/t32?,39-,40-. The predicted octanol–water partition coefficient (Wildman–Crippen LogP) is 4.57. The predicted molar refractivity (Wildman–Crippen MR) is 221 cm³/mol. The molecule has 7 rings (SSSR count). The number of anilines is 2. The molecule has 0 spiro atoms. The summed E-state index contributed by atoms with van der Waals surface area (Å²) in [6.45, 7) is 13.3. The van der Waals surface area contributed by atoms with E-state index >= 15 is 0 Å². The summed E-state index contributed by atoms with van der Waals surface area (Å²) in [5, 5.41) is 18.1. The number of aromatic nitrogens is 1. The highest BCUT2D eigenvalue weighted by Gasteiger charge is 2.64. The van der Waals surface area contributed by atoms with Crippen molar-refractivity contribution < 1.29 is 32.3 Å². The highest BCUT2D eigenvalue weighted by molar-refractivity contribution is 7.90. The van der Waals surface area contributed by atoms with E-state index in [1.54, 1.807) is 30.5 Å². The lowest BCUT2D eigenvalue weighted by Crippen LogP contribution is -2.74. The minimum Gasteiger partial charge on any atom is -0.489 e. The summed E-state index contributed by atoms with van der Waals surface area (Å²) in [6.07, 6.45) is 4.19. The van der Waals surface area contributed by atoms with Gasteiger partial charge in [-0.15, -0.1) is 0 Å². The number of unbranched alkanes of at least 4 members (excludes halogenated alkanes) is 2. The van der Waals surface area contributed by atoms with Crippen molar-refractivity contribution in [3.63, 3.8) is 0 Å². The molecule has 3 aliphatic heterocycles. The van der Waals surface area contributed by atoms with Gasteiger partial charge in [-0.1, -0.05) is 45.7 Å². The van der Waals surface area contributed by atoms with Gasteiger partial charge in [0.05, 0.1) is 21.7 Å². The lowest BCUT2D eigenvalue weighted by Gasteiger charge is -2.63. The summed E-state index contributed by atoms with van der Waals surface area (Å²) < 4.78 is 33.6. The maximum Gasteiger partial charge on any atom is 0.269 e. The quantitative estimate of drug-likeness (QED) is 0.161. The third-order valence-corrected chi connectivity index (χ3v) is 14.2. The van der Waals surface area contributed by atoms with E-state index in [1.165, 1.54) is 12.1 Å². The Morgan fingerprint density at radius 1 is 1.00 bits per heavy atom. The van der Waals surface area contributed by atoms with Crippen LogP contribution < -0.4 is 25.6 Å². The smallest absolute Gasteiger partial charge is 0.269 e. The zero-order chi connectivity index (χ0) is 42.3. The van der Waals surface area contributed by atoms with Crippen LogP contribution in [0.25, 0.3) is 0 Å². The van der Waals surface area contributed by atoms with E-state index in [2.05, 4.69) is 64.5 Å². The molecule has 1 atom stereocenters. The Bertz CT molecular complexity index is 2290. The van der Waals surface area contributed by atoms with Gasteiger partial charge in [0.15, 0.2) is 0 Å². The minimum absolute atomic E-state index is 0.0175. The molecule has 15 nitrogen and oxygen atoms in total. The van der Waals surface area contributed by atoms with Gasteiger partial charge in [0.1, 0.15) is 34.7 Å². The molecule has 0 bridgehead atoms. The number of imide groups is 1. The number of amides is 4. The Hall–Kier alpha value is -5.24. The molecule has 1 aromatic heterocycles. The third-order valence-electron chi connectivity index (χ3n) is 12.1. The van der Waals surface area contributed by atoms with Crippen molar-refractivity contribution in [2.45, 2.75) is 82.9 Å². The van der Waals surface area contributed by atoms with E-state index < -0.39 is 33.8 Å². The SMILES string of the molecule is CC1(C)[C@H](NC(=O)c2ccc(N3CCN(CCCCCNc4ccc5c(c4)S(=O)(=O)N(C4CCC(=O)NC4=O)C5=O)CC3)nc2)C(C)(C)[C@H]1Oc1ccc(C#N)c(Cl)c1. The second-order valence-electron chi connectivity index (χ2n) is 16.8. The zero-order valence-electron chi connectivity index (χ0n) is 33.6. The molecule has 59 heavy (non-hydrogen) atoms. The van der Waals surface area contributed by atoms with Crippen LogP contribution >= 0.6 is 11.6 Å². The number of hydrogen-bond acceptors (Lipinski definition) is 12. The van der Waals surface area contributed by atoms with Gasteiger partial charge in [0.25, 0.3) is 27.7 Å². The van der Waals surface area contributed by atoms with Crippen LogP contribution in [0.2, 0.25) is 5.02 Å². The van der Waals surface area contributed by atoms with Crippen LogP contribution in [-0.4, -0.2) is 104 Å². The average Bonchev–Trinajstić information content (AvgIpc) is 3.40. The number of piperidine rings is 1.